The summed E-state index contributed by atoms with van der Waals surface area (Å²) >= 11 is 0. The molecule has 0 aromatic rings. The van der Waals surface area contributed by atoms with Gasteiger partial charge in [0, 0.05) is 0 Å². The zero-order chi connectivity index (χ0) is 21.1. The van der Waals surface area contributed by atoms with Crippen molar-refractivity contribution >= 4 is 0 Å². The molecule has 0 radical (unpaired) electrons. The Labute approximate surface area is 178 Å². The van der Waals surface area contributed by atoms with Gasteiger partial charge in [-0.2, -0.15) is 0 Å². The first-order valence-electron chi connectivity index (χ1n) is 12.7. The Hall–Kier alpha value is -0.120. The smallest absolute Gasteiger partial charge is 0.0605 e. The molecule has 2 unspecified atom stereocenters. The molecule has 0 aliphatic heterocycles. The molecule has 0 heterocycles. The molecule has 12 atom stereocenters. The van der Waals surface area contributed by atoms with Gasteiger partial charge in [0.1, 0.15) is 0 Å². The number of aliphatic hydroxyl groups is 3. The van der Waals surface area contributed by atoms with Crippen molar-refractivity contribution in [3.05, 3.63) is 0 Å². The molecule has 168 valence electrons. The molecular weight excluding hydrogens is 360 g/mol. The van der Waals surface area contributed by atoms with E-state index in [-0.39, 0.29) is 46.9 Å². The zero-order valence-corrected chi connectivity index (χ0v) is 19.5. The summed E-state index contributed by atoms with van der Waals surface area (Å²) in [5.41, 5.74) is 0.212. The van der Waals surface area contributed by atoms with Crippen molar-refractivity contribution in [1.82, 2.24) is 0 Å². The van der Waals surface area contributed by atoms with Gasteiger partial charge in [0.05, 0.1) is 18.3 Å². The first-order valence-corrected chi connectivity index (χ1v) is 12.7. The van der Waals surface area contributed by atoms with E-state index >= 15 is 0 Å². The van der Waals surface area contributed by atoms with Crippen molar-refractivity contribution in [2.75, 3.05) is 0 Å². The van der Waals surface area contributed by atoms with E-state index < -0.39 is 0 Å². The number of aliphatic hydroxyl groups excluding tert-OH is 3. The molecule has 0 aromatic carbocycles. The van der Waals surface area contributed by atoms with Crippen LogP contribution >= 0.6 is 0 Å². The van der Waals surface area contributed by atoms with Crippen LogP contribution in [0.5, 0.6) is 0 Å². The van der Waals surface area contributed by atoms with Crippen LogP contribution in [0, 0.1) is 52.3 Å². The quantitative estimate of drug-likeness (QED) is 0.614. The molecular formula is C26H46O3. The molecule has 4 aliphatic rings. The average Bonchev–Trinajstić information content (AvgIpc) is 3.00. The lowest BCUT2D eigenvalue weighted by atomic mass is 9.40. The standard InChI is InChI=1S/C26H46O3/c1-6-8-15(3)18-9-10-19-22-23(21(28)14-26(18,19)5)25(4)12-11-16(27)13-20(25)17(7-2)24(22)29/h15-24,27-29H,6-14H2,1-5H3/t15-,16-,17-,18-,19?,20+,21+,22+,23?,24-,25+,26-/m1/s1. The highest BCUT2D eigenvalue weighted by Crippen LogP contribution is 2.69. The molecule has 4 rings (SSSR count). The van der Waals surface area contributed by atoms with Gasteiger partial charge in [0.25, 0.3) is 0 Å². The first-order chi connectivity index (χ1) is 13.7. The van der Waals surface area contributed by atoms with E-state index in [1.165, 1.54) is 25.7 Å². The molecule has 3 N–H and O–H groups in total. The minimum Gasteiger partial charge on any atom is -0.393 e. The number of hydrogen-bond acceptors (Lipinski definition) is 3. The Morgan fingerprint density at radius 2 is 1.69 bits per heavy atom. The minimum absolute atomic E-state index is 0.0532. The van der Waals surface area contributed by atoms with Crippen LogP contribution < -0.4 is 0 Å². The van der Waals surface area contributed by atoms with Crippen LogP contribution in [0.15, 0.2) is 0 Å². The molecule has 3 nitrogen and oxygen atoms in total. The van der Waals surface area contributed by atoms with Crippen molar-refractivity contribution in [2.45, 2.75) is 111 Å². The van der Waals surface area contributed by atoms with Crippen LogP contribution in [-0.2, 0) is 0 Å². The first kappa shape index (κ1) is 22.1. The summed E-state index contributed by atoms with van der Waals surface area (Å²) in [6.07, 6.45) is 8.66. The Morgan fingerprint density at radius 3 is 2.34 bits per heavy atom. The van der Waals surface area contributed by atoms with Crippen molar-refractivity contribution in [1.29, 1.82) is 0 Å². The lowest BCUT2D eigenvalue weighted by Gasteiger charge is -2.66. The van der Waals surface area contributed by atoms with Gasteiger partial charge in [-0.3, -0.25) is 0 Å². The second kappa shape index (κ2) is 7.78. The summed E-state index contributed by atoms with van der Waals surface area (Å²) in [5.74, 6) is 2.93. The monoisotopic (exact) mass is 406 g/mol. The van der Waals surface area contributed by atoms with E-state index in [1.54, 1.807) is 0 Å². The lowest BCUT2D eigenvalue weighted by molar-refractivity contribution is -0.235. The van der Waals surface area contributed by atoms with Crippen LogP contribution in [0.1, 0.15) is 92.4 Å². The molecule has 0 spiro atoms. The van der Waals surface area contributed by atoms with Crippen LogP contribution in [0.3, 0.4) is 0 Å². The fourth-order valence-corrected chi connectivity index (χ4v) is 9.70. The third-order valence-corrected chi connectivity index (χ3v) is 10.8. The third kappa shape index (κ3) is 3.16. The topological polar surface area (TPSA) is 60.7 Å². The van der Waals surface area contributed by atoms with Gasteiger partial charge in [0.2, 0.25) is 0 Å². The fraction of sp³-hybridized carbons (Fsp3) is 1.00. The van der Waals surface area contributed by atoms with Gasteiger partial charge in [-0.25, -0.2) is 0 Å². The number of fused-ring (bicyclic) bond motifs is 5. The summed E-state index contributed by atoms with van der Waals surface area (Å²) in [5, 5.41) is 33.8. The normalized spacial score (nSPS) is 55.7. The largest absolute Gasteiger partial charge is 0.393 e. The molecule has 0 aromatic heterocycles. The molecule has 0 saturated heterocycles. The summed E-state index contributed by atoms with van der Waals surface area (Å²) < 4.78 is 0. The van der Waals surface area contributed by atoms with Crippen LogP contribution in [-0.4, -0.2) is 33.6 Å². The maximum Gasteiger partial charge on any atom is 0.0605 e. The molecule has 29 heavy (non-hydrogen) atoms. The predicted molar refractivity (Wildman–Crippen MR) is 117 cm³/mol. The Balaban J connectivity index is 1.72. The highest BCUT2D eigenvalue weighted by Gasteiger charge is 2.67. The van der Waals surface area contributed by atoms with Crippen LogP contribution in [0.2, 0.25) is 0 Å². The van der Waals surface area contributed by atoms with Gasteiger partial charge >= 0.3 is 0 Å². The Morgan fingerprint density at radius 1 is 0.966 bits per heavy atom. The second-order valence-electron chi connectivity index (χ2n) is 12.0. The summed E-state index contributed by atoms with van der Waals surface area (Å²) in [6, 6.07) is 0. The van der Waals surface area contributed by atoms with Gasteiger partial charge in [-0.15, -0.1) is 0 Å². The van der Waals surface area contributed by atoms with E-state index in [9.17, 15) is 15.3 Å². The lowest BCUT2D eigenvalue weighted by Crippen LogP contribution is -2.65. The number of hydrogen-bond donors (Lipinski definition) is 3. The maximum atomic E-state index is 11.7. The predicted octanol–water partition coefficient (Wildman–Crippen LogP) is 5.02. The Kier molecular flexibility index (Phi) is 5.93. The molecule has 4 fully saturated rings. The van der Waals surface area contributed by atoms with Crippen molar-refractivity contribution in [3.8, 4) is 0 Å². The third-order valence-electron chi connectivity index (χ3n) is 10.8. The highest BCUT2D eigenvalue weighted by molar-refractivity contribution is 5.15. The molecule has 4 aliphatic carbocycles. The molecule has 3 heteroatoms. The van der Waals surface area contributed by atoms with E-state index in [1.807, 2.05) is 0 Å². The maximum absolute atomic E-state index is 11.7. The zero-order valence-electron chi connectivity index (χ0n) is 19.5. The van der Waals surface area contributed by atoms with E-state index in [2.05, 4.69) is 34.6 Å². The van der Waals surface area contributed by atoms with Crippen LogP contribution in [0.4, 0.5) is 0 Å². The van der Waals surface area contributed by atoms with Gasteiger partial charge < -0.3 is 15.3 Å². The molecule has 0 bridgehead atoms. The molecule has 4 saturated carbocycles. The Bertz CT molecular complexity index is 593. The average molecular weight is 407 g/mol. The van der Waals surface area contributed by atoms with Gasteiger partial charge in [0.15, 0.2) is 0 Å². The second-order valence-corrected chi connectivity index (χ2v) is 12.0. The molecule has 0 amide bonds. The SMILES string of the molecule is CCC[C@@H](C)[C@H]1CCC2[C@H]3C([C@@H](O)C[C@@]21C)[C@@]1(C)CC[C@@H](O)C[C@H]1[C@@H](CC)[C@H]3O. The van der Waals surface area contributed by atoms with Crippen LogP contribution in [0.25, 0.3) is 0 Å². The summed E-state index contributed by atoms with van der Waals surface area (Å²) in [6.45, 7) is 11.8. The summed E-state index contributed by atoms with van der Waals surface area (Å²) in [4.78, 5) is 0. The highest BCUT2D eigenvalue weighted by atomic mass is 16.3. The van der Waals surface area contributed by atoms with E-state index in [4.69, 9.17) is 0 Å². The van der Waals surface area contributed by atoms with Crippen molar-refractivity contribution in [2.24, 2.45) is 52.3 Å². The minimum atomic E-state index is -0.326. The van der Waals surface area contributed by atoms with E-state index in [0.717, 1.165) is 32.1 Å². The summed E-state index contributed by atoms with van der Waals surface area (Å²) in [7, 11) is 0. The van der Waals surface area contributed by atoms with Crippen molar-refractivity contribution in [3.63, 3.8) is 0 Å². The van der Waals surface area contributed by atoms with Gasteiger partial charge in [-0.1, -0.05) is 53.9 Å². The van der Waals surface area contributed by atoms with Crippen molar-refractivity contribution < 1.29 is 15.3 Å². The fourth-order valence-electron chi connectivity index (χ4n) is 9.70. The number of rotatable bonds is 4. The van der Waals surface area contributed by atoms with Gasteiger partial charge in [-0.05, 0) is 90.8 Å². The van der Waals surface area contributed by atoms with E-state index in [0.29, 0.717) is 23.7 Å².